The van der Waals surface area contributed by atoms with E-state index in [9.17, 15) is 0 Å². The van der Waals surface area contributed by atoms with E-state index >= 15 is 0 Å². The Hall–Kier alpha value is -1.77. The summed E-state index contributed by atoms with van der Waals surface area (Å²) in [6, 6.07) is 8.87. The molecule has 1 N–H and O–H groups in total. The van der Waals surface area contributed by atoms with E-state index in [1.165, 1.54) is 11.1 Å². The Morgan fingerprint density at radius 1 is 1.17 bits per heavy atom. The van der Waals surface area contributed by atoms with Gasteiger partial charge in [-0.05, 0) is 30.5 Å². The molecule has 18 heavy (non-hydrogen) atoms. The summed E-state index contributed by atoms with van der Waals surface area (Å²) in [7, 11) is 1.94. The van der Waals surface area contributed by atoms with Gasteiger partial charge in [-0.15, -0.1) is 0 Å². The topological polar surface area (TPSA) is 29.9 Å². The summed E-state index contributed by atoms with van der Waals surface area (Å²) >= 11 is 0. The molecule has 0 saturated carbocycles. The van der Waals surface area contributed by atoms with Gasteiger partial charge in [-0.2, -0.15) is 5.10 Å². The van der Waals surface area contributed by atoms with Gasteiger partial charge in [0.05, 0.1) is 12.2 Å². The van der Waals surface area contributed by atoms with Crippen LogP contribution in [0.25, 0.3) is 0 Å². The summed E-state index contributed by atoms with van der Waals surface area (Å²) in [6.45, 7) is 6.58. The Balaban J connectivity index is 2.11. The molecule has 0 aliphatic heterocycles. The number of hydrogen-bond donors (Lipinski definition) is 1. The van der Waals surface area contributed by atoms with E-state index in [0.717, 1.165) is 5.69 Å². The average Bonchev–Trinajstić information content (AvgIpc) is 2.76. The fourth-order valence-corrected chi connectivity index (χ4v) is 1.98. The third-order valence-corrected chi connectivity index (χ3v) is 3.16. The summed E-state index contributed by atoms with van der Waals surface area (Å²) in [6.07, 6.45) is 3.95. The van der Waals surface area contributed by atoms with Gasteiger partial charge in [0, 0.05) is 24.5 Å². The maximum atomic E-state index is 4.20. The van der Waals surface area contributed by atoms with E-state index < -0.39 is 0 Å². The van der Waals surface area contributed by atoms with E-state index in [-0.39, 0.29) is 6.04 Å². The minimum absolute atomic E-state index is 0.265. The number of nitrogens with one attached hydrogen (secondary N) is 1. The first-order valence-corrected chi connectivity index (χ1v) is 6.41. The highest BCUT2D eigenvalue weighted by Gasteiger charge is 2.08. The van der Waals surface area contributed by atoms with Crippen molar-refractivity contribution in [2.45, 2.75) is 32.7 Å². The number of benzene rings is 1. The molecule has 1 aromatic carbocycles. The molecule has 0 aliphatic rings. The van der Waals surface area contributed by atoms with E-state index in [2.05, 4.69) is 55.5 Å². The fraction of sp³-hybridized carbons (Fsp3) is 0.400. The van der Waals surface area contributed by atoms with Crippen LogP contribution in [0.5, 0.6) is 0 Å². The molecule has 1 atom stereocenters. The molecule has 0 aliphatic carbocycles. The van der Waals surface area contributed by atoms with E-state index in [0.29, 0.717) is 5.92 Å². The molecule has 1 heterocycles. The van der Waals surface area contributed by atoms with Crippen molar-refractivity contribution >= 4 is 5.69 Å². The largest absolute Gasteiger partial charge is 0.378 e. The van der Waals surface area contributed by atoms with Crippen LogP contribution in [0.1, 0.15) is 43.9 Å². The predicted octanol–water partition coefficient (Wildman–Crippen LogP) is 3.72. The lowest BCUT2D eigenvalue weighted by atomic mass is 10.0. The minimum Gasteiger partial charge on any atom is -0.378 e. The number of anilines is 1. The highest BCUT2D eigenvalue weighted by molar-refractivity contribution is 5.48. The lowest BCUT2D eigenvalue weighted by Gasteiger charge is -2.15. The summed E-state index contributed by atoms with van der Waals surface area (Å²) in [5.74, 6) is 0.556. The van der Waals surface area contributed by atoms with Crippen LogP contribution in [0.4, 0.5) is 5.69 Å². The van der Waals surface area contributed by atoms with Crippen LogP contribution in [0, 0.1) is 0 Å². The monoisotopic (exact) mass is 243 g/mol. The number of nitrogens with zero attached hydrogens (tertiary/aromatic N) is 2. The van der Waals surface area contributed by atoms with Gasteiger partial charge < -0.3 is 5.32 Å². The normalized spacial score (nSPS) is 12.7. The zero-order valence-corrected chi connectivity index (χ0v) is 11.5. The second kappa shape index (κ2) is 5.25. The molecule has 0 spiro atoms. The molecule has 1 unspecified atom stereocenters. The smallest absolute Gasteiger partial charge is 0.0542 e. The van der Waals surface area contributed by atoms with Gasteiger partial charge in [0.2, 0.25) is 0 Å². The quantitative estimate of drug-likeness (QED) is 0.887. The van der Waals surface area contributed by atoms with Crippen LogP contribution in [-0.2, 0) is 7.05 Å². The van der Waals surface area contributed by atoms with Gasteiger partial charge in [-0.1, -0.05) is 26.0 Å². The summed E-state index contributed by atoms with van der Waals surface area (Å²) < 4.78 is 1.83. The molecule has 3 nitrogen and oxygen atoms in total. The second-order valence-electron chi connectivity index (χ2n) is 5.09. The molecular formula is C15H21N3. The van der Waals surface area contributed by atoms with Crippen molar-refractivity contribution in [1.29, 1.82) is 0 Å². The Morgan fingerprint density at radius 2 is 1.94 bits per heavy atom. The average molecular weight is 243 g/mol. The molecule has 3 heteroatoms. The van der Waals surface area contributed by atoms with Gasteiger partial charge in [0.1, 0.15) is 0 Å². The Morgan fingerprint density at radius 3 is 2.56 bits per heavy atom. The van der Waals surface area contributed by atoms with Crippen molar-refractivity contribution in [2.24, 2.45) is 7.05 Å². The van der Waals surface area contributed by atoms with E-state index in [1.54, 1.807) is 0 Å². The van der Waals surface area contributed by atoms with Gasteiger partial charge in [-0.25, -0.2) is 0 Å². The molecule has 2 aromatic rings. The highest BCUT2D eigenvalue weighted by atomic mass is 15.2. The molecule has 0 bridgehead atoms. The maximum Gasteiger partial charge on any atom is 0.0542 e. The van der Waals surface area contributed by atoms with Crippen molar-refractivity contribution in [1.82, 2.24) is 9.78 Å². The number of hydrogen-bond acceptors (Lipinski definition) is 2. The van der Waals surface area contributed by atoms with Gasteiger partial charge >= 0.3 is 0 Å². The van der Waals surface area contributed by atoms with Crippen molar-refractivity contribution in [3.05, 3.63) is 47.8 Å². The molecule has 0 amide bonds. The first-order chi connectivity index (χ1) is 8.56. The molecule has 0 saturated heterocycles. The lowest BCUT2D eigenvalue weighted by molar-refractivity contribution is 0.765. The fourth-order valence-electron chi connectivity index (χ4n) is 1.98. The van der Waals surface area contributed by atoms with Gasteiger partial charge in [-0.3, -0.25) is 4.68 Å². The van der Waals surface area contributed by atoms with Gasteiger partial charge in [0.15, 0.2) is 0 Å². The van der Waals surface area contributed by atoms with Crippen LogP contribution in [0.15, 0.2) is 36.7 Å². The first-order valence-electron chi connectivity index (χ1n) is 6.41. The van der Waals surface area contributed by atoms with Crippen LogP contribution in [0.3, 0.4) is 0 Å². The van der Waals surface area contributed by atoms with E-state index in [4.69, 9.17) is 0 Å². The van der Waals surface area contributed by atoms with Gasteiger partial charge in [0.25, 0.3) is 0 Å². The third-order valence-electron chi connectivity index (χ3n) is 3.16. The minimum atomic E-state index is 0.265. The molecule has 96 valence electrons. The van der Waals surface area contributed by atoms with Crippen molar-refractivity contribution in [3.63, 3.8) is 0 Å². The predicted molar refractivity (Wildman–Crippen MR) is 75.8 cm³/mol. The molecule has 1 aromatic heterocycles. The number of rotatable bonds is 4. The summed E-state index contributed by atoms with van der Waals surface area (Å²) in [4.78, 5) is 0. The maximum absolute atomic E-state index is 4.20. The van der Waals surface area contributed by atoms with Crippen LogP contribution in [0.2, 0.25) is 0 Å². The van der Waals surface area contributed by atoms with Crippen LogP contribution >= 0.6 is 0 Å². The molecule has 0 radical (unpaired) electrons. The highest BCUT2D eigenvalue weighted by Crippen LogP contribution is 2.22. The Labute approximate surface area is 109 Å². The first kappa shape index (κ1) is 12.7. The van der Waals surface area contributed by atoms with Crippen LogP contribution < -0.4 is 5.32 Å². The van der Waals surface area contributed by atoms with Crippen molar-refractivity contribution in [3.8, 4) is 0 Å². The standard InChI is InChI=1S/C15H21N3/c1-11(2)13-6-5-7-15(8-13)17-12(3)14-9-16-18(4)10-14/h5-12,17H,1-4H3. The zero-order chi connectivity index (χ0) is 13.1. The summed E-state index contributed by atoms with van der Waals surface area (Å²) in [5.41, 5.74) is 3.73. The number of aromatic nitrogens is 2. The number of aryl methyl sites for hydroxylation is 1. The third kappa shape index (κ3) is 2.92. The van der Waals surface area contributed by atoms with Crippen molar-refractivity contribution < 1.29 is 0 Å². The van der Waals surface area contributed by atoms with Crippen LogP contribution in [-0.4, -0.2) is 9.78 Å². The molecular weight excluding hydrogens is 222 g/mol. The SMILES string of the molecule is CC(C)c1cccc(NC(C)c2cnn(C)c2)c1. The second-order valence-corrected chi connectivity index (χ2v) is 5.09. The lowest BCUT2D eigenvalue weighted by Crippen LogP contribution is -2.06. The summed E-state index contributed by atoms with van der Waals surface area (Å²) in [5, 5.41) is 7.72. The van der Waals surface area contributed by atoms with Crippen molar-refractivity contribution in [2.75, 3.05) is 5.32 Å². The van der Waals surface area contributed by atoms with E-state index in [1.807, 2.05) is 24.1 Å². The Kier molecular flexibility index (Phi) is 3.70. The Bertz CT molecular complexity index is 514. The molecule has 2 rings (SSSR count). The molecule has 0 fully saturated rings. The zero-order valence-electron chi connectivity index (χ0n) is 11.5.